The van der Waals surface area contributed by atoms with Crippen LogP contribution in [0, 0.1) is 11.6 Å². The van der Waals surface area contributed by atoms with Crippen LogP contribution in [0.3, 0.4) is 0 Å². The van der Waals surface area contributed by atoms with Gasteiger partial charge in [0.2, 0.25) is 0 Å². The molecule has 0 amide bonds. The zero-order valence-corrected chi connectivity index (χ0v) is 11.7. The first-order chi connectivity index (χ1) is 9.93. The molecular formula is C14H11ClF2N2O2. The molecule has 0 saturated carbocycles. The second-order valence-corrected chi connectivity index (χ2v) is 4.54. The van der Waals surface area contributed by atoms with Gasteiger partial charge in [-0.25, -0.2) is 13.6 Å². The van der Waals surface area contributed by atoms with Crippen LogP contribution in [0.1, 0.15) is 10.4 Å². The highest BCUT2D eigenvalue weighted by molar-refractivity contribution is 6.33. The number of hydrogen-bond acceptors (Lipinski definition) is 4. The van der Waals surface area contributed by atoms with E-state index in [4.69, 9.17) is 17.3 Å². The molecule has 2 aromatic carbocycles. The summed E-state index contributed by atoms with van der Waals surface area (Å²) < 4.78 is 31.3. The zero-order valence-electron chi connectivity index (χ0n) is 10.9. The summed E-state index contributed by atoms with van der Waals surface area (Å²) in [6.07, 6.45) is 0. The second kappa shape index (κ2) is 5.97. The van der Waals surface area contributed by atoms with Crippen LogP contribution in [0.2, 0.25) is 5.02 Å². The Balaban J connectivity index is 2.44. The molecule has 0 radical (unpaired) electrons. The Hall–Kier alpha value is -2.34. The standard InChI is InChI=1S/C14H11ClF2N2O2/c1-21-14(20)8-3-2-4-11(12(8)18)19-13-9(15)5-7(16)6-10(13)17/h2-6,19H,18H2,1H3. The first kappa shape index (κ1) is 15.1. The van der Waals surface area contributed by atoms with Crippen LogP contribution in [0.25, 0.3) is 0 Å². The number of methoxy groups -OCH3 is 1. The van der Waals surface area contributed by atoms with Crippen molar-refractivity contribution in [3.8, 4) is 0 Å². The summed E-state index contributed by atoms with van der Waals surface area (Å²) in [5, 5.41) is 2.51. The van der Waals surface area contributed by atoms with Crippen molar-refractivity contribution < 1.29 is 18.3 Å². The summed E-state index contributed by atoms with van der Waals surface area (Å²) in [6, 6.07) is 6.19. The maximum Gasteiger partial charge on any atom is 0.340 e. The quantitative estimate of drug-likeness (QED) is 0.669. The summed E-state index contributed by atoms with van der Waals surface area (Å²) >= 11 is 5.79. The van der Waals surface area contributed by atoms with Crippen LogP contribution in [-0.2, 0) is 4.74 Å². The first-order valence-electron chi connectivity index (χ1n) is 5.82. The number of carbonyl (C=O) groups is 1. The monoisotopic (exact) mass is 312 g/mol. The van der Waals surface area contributed by atoms with Gasteiger partial charge in [-0.1, -0.05) is 17.7 Å². The number of nitrogens with two attached hydrogens (primary N) is 1. The Bertz CT molecular complexity index is 684. The van der Waals surface area contributed by atoms with E-state index < -0.39 is 17.6 Å². The number of carbonyl (C=O) groups excluding carboxylic acids is 1. The van der Waals surface area contributed by atoms with E-state index in [9.17, 15) is 13.6 Å². The van der Waals surface area contributed by atoms with Crippen molar-refractivity contribution in [3.63, 3.8) is 0 Å². The number of anilines is 3. The number of benzene rings is 2. The lowest BCUT2D eigenvalue weighted by atomic mass is 10.1. The number of para-hydroxylation sites is 1. The Morgan fingerprint density at radius 2 is 2.05 bits per heavy atom. The minimum absolute atomic E-state index is 0.0733. The maximum absolute atomic E-state index is 13.7. The van der Waals surface area contributed by atoms with Gasteiger partial charge in [-0.2, -0.15) is 0 Å². The van der Waals surface area contributed by atoms with Crippen molar-refractivity contribution in [1.29, 1.82) is 0 Å². The summed E-state index contributed by atoms with van der Waals surface area (Å²) in [7, 11) is 1.22. The number of rotatable bonds is 3. The van der Waals surface area contributed by atoms with Gasteiger partial charge in [-0.15, -0.1) is 0 Å². The van der Waals surface area contributed by atoms with Gasteiger partial charge in [0.05, 0.1) is 34.8 Å². The van der Waals surface area contributed by atoms with E-state index in [0.717, 1.165) is 6.07 Å². The molecule has 0 saturated heterocycles. The van der Waals surface area contributed by atoms with Crippen molar-refractivity contribution in [2.45, 2.75) is 0 Å². The SMILES string of the molecule is COC(=O)c1cccc(Nc2c(F)cc(F)cc2Cl)c1N. The predicted octanol–water partition coefficient (Wildman–Crippen LogP) is 3.73. The third-order valence-corrected chi connectivity index (χ3v) is 3.08. The van der Waals surface area contributed by atoms with Gasteiger partial charge in [0, 0.05) is 6.07 Å². The molecule has 0 aliphatic carbocycles. The van der Waals surface area contributed by atoms with Crippen molar-refractivity contribution >= 4 is 34.6 Å². The van der Waals surface area contributed by atoms with Crippen LogP contribution >= 0.6 is 11.6 Å². The van der Waals surface area contributed by atoms with E-state index in [1.165, 1.54) is 19.2 Å². The third kappa shape index (κ3) is 3.05. The highest BCUT2D eigenvalue weighted by atomic mass is 35.5. The molecule has 0 fully saturated rings. The molecule has 4 nitrogen and oxygen atoms in total. The molecule has 110 valence electrons. The predicted molar refractivity (Wildman–Crippen MR) is 76.8 cm³/mol. The fourth-order valence-corrected chi connectivity index (χ4v) is 2.00. The molecule has 2 rings (SSSR count). The van der Waals surface area contributed by atoms with Crippen LogP contribution < -0.4 is 11.1 Å². The highest BCUT2D eigenvalue weighted by Gasteiger charge is 2.15. The summed E-state index contributed by atoms with van der Waals surface area (Å²) in [5.41, 5.74) is 6.16. The van der Waals surface area contributed by atoms with Crippen molar-refractivity contribution in [1.82, 2.24) is 0 Å². The van der Waals surface area contributed by atoms with Crippen LogP contribution in [0.5, 0.6) is 0 Å². The van der Waals surface area contributed by atoms with Gasteiger partial charge in [0.15, 0.2) is 5.82 Å². The van der Waals surface area contributed by atoms with Gasteiger partial charge >= 0.3 is 5.97 Å². The summed E-state index contributed by atoms with van der Waals surface area (Å²) in [5.74, 6) is -2.29. The maximum atomic E-state index is 13.7. The number of esters is 1. The van der Waals surface area contributed by atoms with Crippen molar-refractivity contribution in [3.05, 3.63) is 52.6 Å². The minimum Gasteiger partial charge on any atom is -0.465 e. The van der Waals surface area contributed by atoms with E-state index in [1.807, 2.05) is 0 Å². The Kier molecular flexibility index (Phi) is 4.28. The summed E-state index contributed by atoms with van der Waals surface area (Å²) in [4.78, 5) is 11.5. The molecule has 7 heteroatoms. The van der Waals surface area contributed by atoms with Crippen LogP contribution in [0.4, 0.5) is 25.8 Å². The van der Waals surface area contributed by atoms with E-state index in [1.54, 1.807) is 6.07 Å². The number of nitrogens with one attached hydrogen (secondary N) is 1. The average Bonchev–Trinajstić information content (AvgIpc) is 2.43. The molecule has 0 aromatic heterocycles. The third-order valence-electron chi connectivity index (χ3n) is 2.78. The van der Waals surface area contributed by atoms with Crippen molar-refractivity contribution in [2.75, 3.05) is 18.2 Å². The summed E-state index contributed by atoms with van der Waals surface area (Å²) in [6.45, 7) is 0. The average molecular weight is 313 g/mol. The van der Waals surface area contributed by atoms with Crippen LogP contribution in [0.15, 0.2) is 30.3 Å². The van der Waals surface area contributed by atoms with Crippen molar-refractivity contribution in [2.24, 2.45) is 0 Å². The Morgan fingerprint density at radius 3 is 2.67 bits per heavy atom. The molecule has 0 spiro atoms. The lowest BCUT2D eigenvalue weighted by Crippen LogP contribution is -2.08. The highest BCUT2D eigenvalue weighted by Crippen LogP contribution is 2.32. The molecule has 0 atom stereocenters. The number of hydrogen-bond donors (Lipinski definition) is 2. The Labute approximate surface area is 124 Å². The molecular weight excluding hydrogens is 302 g/mol. The van der Waals surface area contributed by atoms with E-state index in [2.05, 4.69) is 10.1 Å². The van der Waals surface area contributed by atoms with Gasteiger partial charge in [0.25, 0.3) is 0 Å². The van der Waals surface area contributed by atoms with E-state index >= 15 is 0 Å². The van der Waals surface area contributed by atoms with Gasteiger partial charge in [-0.3, -0.25) is 0 Å². The fourth-order valence-electron chi connectivity index (χ4n) is 1.76. The molecule has 21 heavy (non-hydrogen) atoms. The smallest absolute Gasteiger partial charge is 0.340 e. The lowest BCUT2D eigenvalue weighted by Gasteiger charge is -2.13. The van der Waals surface area contributed by atoms with E-state index in [-0.39, 0.29) is 27.6 Å². The number of ether oxygens (including phenoxy) is 1. The van der Waals surface area contributed by atoms with Crippen LogP contribution in [-0.4, -0.2) is 13.1 Å². The molecule has 0 bridgehead atoms. The number of nitrogen functional groups attached to an aromatic ring is 1. The first-order valence-corrected chi connectivity index (χ1v) is 6.20. The molecule has 0 aliphatic rings. The second-order valence-electron chi connectivity index (χ2n) is 4.13. The molecule has 0 aliphatic heterocycles. The fraction of sp³-hybridized carbons (Fsp3) is 0.0714. The topological polar surface area (TPSA) is 64.3 Å². The molecule has 2 aromatic rings. The van der Waals surface area contributed by atoms with E-state index in [0.29, 0.717) is 6.07 Å². The van der Waals surface area contributed by atoms with Gasteiger partial charge in [-0.05, 0) is 18.2 Å². The minimum atomic E-state index is -0.872. The van der Waals surface area contributed by atoms with Gasteiger partial charge < -0.3 is 15.8 Å². The Morgan fingerprint density at radius 1 is 1.33 bits per heavy atom. The molecule has 0 heterocycles. The molecule has 0 unspecified atom stereocenters. The largest absolute Gasteiger partial charge is 0.465 e. The number of halogens is 3. The molecule has 3 N–H and O–H groups in total. The normalized spacial score (nSPS) is 10.3. The van der Waals surface area contributed by atoms with Gasteiger partial charge in [0.1, 0.15) is 5.82 Å². The zero-order chi connectivity index (χ0) is 15.6. The lowest BCUT2D eigenvalue weighted by molar-refractivity contribution is 0.0602.